The summed E-state index contributed by atoms with van der Waals surface area (Å²) < 4.78 is 0. The number of nitrogens with zero attached hydrogens (tertiary/aromatic N) is 1. The minimum Gasteiger partial charge on any atom is -0.345 e. The number of amides is 1. The molecule has 3 nitrogen and oxygen atoms in total. The van der Waals surface area contributed by atoms with E-state index in [4.69, 9.17) is 0 Å². The second-order valence-electron chi connectivity index (χ2n) is 7.24. The lowest BCUT2D eigenvalue weighted by Gasteiger charge is -2.15. The molecule has 0 aromatic heterocycles. The maximum absolute atomic E-state index is 12.5. The first-order valence-corrected chi connectivity index (χ1v) is 9.66. The van der Waals surface area contributed by atoms with E-state index in [9.17, 15) is 9.59 Å². The zero-order valence-corrected chi connectivity index (χ0v) is 16.6. The van der Waals surface area contributed by atoms with E-state index in [-0.39, 0.29) is 11.7 Å². The van der Waals surface area contributed by atoms with Crippen molar-refractivity contribution in [3.05, 3.63) is 64.7 Å². The topological polar surface area (TPSA) is 37.4 Å². The highest BCUT2D eigenvalue weighted by atomic mass is 16.2. The van der Waals surface area contributed by atoms with E-state index < -0.39 is 0 Å². The number of allylic oxidation sites excluding steroid dienone is 2. The minimum absolute atomic E-state index is 0.000353. The number of carbonyl (C=O) groups is 2. The van der Waals surface area contributed by atoms with Crippen molar-refractivity contribution in [2.45, 2.75) is 39.5 Å². The van der Waals surface area contributed by atoms with Crippen molar-refractivity contribution < 1.29 is 9.59 Å². The molecule has 140 valence electrons. The van der Waals surface area contributed by atoms with E-state index >= 15 is 0 Å². The molecule has 1 amide bonds. The molecule has 0 fully saturated rings. The molecule has 0 unspecified atom stereocenters. The fourth-order valence-electron chi connectivity index (χ4n) is 3.89. The Kier molecular flexibility index (Phi) is 5.59. The highest BCUT2D eigenvalue weighted by molar-refractivity contribution is 6.04. The molecule has 0 bridgehead atoms. The second kappa shape index (κ2) is 7.91. The Hall–Kier alpha value is -2.68. The summed E-state index contributed by atoms with van der Waals surface area (Å²) in [6.07, 6.45) is 3.01. The van der Waals surface area contributed by atoms with Crippen LogP contribution in [0.3, 0.4) is 0 Å². The van der Waals surface area contributed by atoms with E-state index in [2.05, 4.69) is 32.0 Å². The van der Waals surface area contributed by atoms with Crippen molar-refractivity contribution in [2.75, 3.05) is 14.1 Å². The van der Waals surface area contributed by atoms with Gasteiger partial charge in [0.2, 0.25) is 0 Å². The lowest BCUT2D eigenvalue weighted by atomic mass is 9.90. The number of benzene rings is 2. The van der Waals surface area contributed by atoms with Crippen LogP contribution in [0.15, 0.2) is 48.0 Å². The number of fused-ring (bicyclic) bond motifs is 1. The van der Waals surface area contributed by atoms with Gasteiger partial charge in [-0.05, 0) is 70.9 Å². The third-order valence-corrected chi connectivity index (χ3v) is 5.31. The van der Waals surface area contributed by atoms with Gasteiger partial charge in [-0.25, -0.2) is 0 Å². The molecule has 3 rings (SSSR count). The monoisotopic (exact) mass is 361 g/mol. The molecule has 0 heterocycles. The number of ketones is 1. The first-order valence-electron chi connectivity index (χ1n) is 9.66. The maximum Gasteiger partial charge on any atom is 0.253 e. The Morgan fingerprint density at radius 2 is 1.63 bits per heavy atom. The third-order valence-electron chi connectivity index (χ3n) is 5.31. The highest BCUT2D eigenvalue weighted by Crippen LogP contribution is 2.35. The zero-order chi connectivity index (χ0) is 19.6. The van der Waals surface area contributed by atoms with Crippen LogP contribution in [0.5, 0.6) is 0 Å². The van der Waals surface area contributed by atoms with Crippen molar-refractivity contribution in [3.63, 3.8) is 0 Å². The fourth-order valence-corrected chi connectivity index (χ4v) is 3.89. The molecule has 0 radical (unpaired) electrons. The fraction of sp³-hybridized carbons (Fsp3) is 0.333. The molecule has 0 aliphatic heterocycles. The van der Waals surface area contributed by atoms with Gasteiger partial charge in [0.15, 0.2) is 5.78 Å². The summed E-state index contributed by atoms with van der Waals surface area (Å²) in [6.45, 7) is 4.19. The minimum atomic E-state index is -0.000353. The number of hydrogen-bond donors (Lipinski definition) is 0. The van der Waals surface area contributed by atoms with Crippen molar-refractivity contribution in [1.29, 1.82) is 0 Å². The molecule has 0 saturated heterocycles. The lowest BCUT2D eigenvalue weighted by Crippen LogP contribution is -2.21. The van der Waals surface area contributed by atoms with Crippen molar-refractivity contribution >= 4 is 17.3 Å². The van der Waals surface area contributed by atoms with Gasteiger partial charge in [0.05, 0.1) is 0 Å². The molecular weight excluding hydrogens is 334 g/mol. The molecule has 0 atom stereocenters. The van der Waals surface area contributed by atoms with E-state index in [1.165, 1.54) is 16.7 Å². The summed E-state index contributed by atoms with van der Waals surface area (Å²) in [7, 11) is 3.53. The SMILES string of the molecule is CCC1=C(CC)c2cc(-c3cccc(C(=O)N(C)C)c3)ccc2CCC1=O. The Labute approximate surface area is 161 Å². The Balaban J connectivity index is 2.11. The van der Waals surface area contributed by atoms with Crippen LogP contribution >= 0.6 is 0 Å². The molecule has 2 aromatic carbocycles. The second-order valence-corrected chi connectivity index (χ2v) is 7.24. The number of aryl methyl sites for hydroxylation is 1. The summed E-state index contributed by atoms with van der Waals surface area (Å²) in [4.78, 5) is 26.4. The quantitative estimate of drug-likeness (QED) is 0.756. The normalized spacial score (nSPS) is 14.0. The number of hydrogen-bond acceptors (Lipinski definition) is 2. The van der Waals surface area contributed by atoms with Gasteiger partial charge in [-0.2, -0.15) is 0 Å². The summed E-state index contributed by atoms with van der Waals surface area (Å²) in [5.41, 5.74) is 7.38. The third kappa shape index (κ3) is 3.73. The first kappa shape index (κ1) is 19.1. The van der Waals surface area contributed by atoms with Gasteiger partial charge < -0.3 is 4.90 Å². The summed E-state index contributed by atoms with van der Waals surface area (Å²) >= 11 is 0. The molecule has 0 N–H and O–H groups in total. The maximum atomic E-state index is 12.5. The first-order chi connectivity index (χ1) is 13.0. The zero-order valence-electron chi connectivity index (χ0n) is 16.6. The lowest BCUT2D eigenvalue weighted by molar-refractivity contribution is -0.115. The Bertz CT molecular complexity index is 922. The van der Waals surface area contributed by atoms with Crippen molar-refractivity contribution in [1.82, 2.24) is 4.90 Å². The molecular formula is C24H27NO2. The van der Waals surface area contributed by atoms with E-state index in [1.54, 1.807) is 19.0 Å². The molecule has 1 aliphatic carbocycles. The van der Waals surface area contributed by atoms with Crippen LogP contribution < -0.4 is 0 Å². The van der Waals surface area contributed by atoms with Crippen molar-refractivity contribution in [2.24, 2.45) is 0 Å². The Morgan fingerprint density at radius 3 is 2.30 bits per heavy atom. The van der Waals surface area contributed by atoms with Gasteiger partial charge in [0.1, 0.15) is 0 Å². The highest BCUT2D eigenvalue weighted by Gasteiger charge is 2.21. The van der Waals surface area contributed by atoms with Gasteiger partial charge in [0.25, 0.3) is 5.91 Å². The van der Waals surface area contributed by atoms with Gasteiger partial charge in [-0.1, -0.05) is 38.1 Å². The van der Waals surface area contributed by atoms with Crippen molar-refractivity contribution in [3.8, 4) is 11.1 Å². The molecule has 0 spiro atoms. The summed E-state index contributed by atoms with van der Waals surface area (Å²) in [5, 5.41) is 0. The van der Waals surface area contributed by atoms with Crippen LogP contribution in [-0.2, 0) is 11.2 Å². The summed E-state index contributed by atoms with van der Waals surface area (Å²) in [5.74, 6) is 0.283. The summed E-state index contributed by atoms with van der Waals surface area (Å²) in [6, 6.07) is 14.2. The van der Waals surface area contributed by atoms with Gasteiger partial charge in [-0.3, -0.25) is 9.59 Å². The standard InChI is InChI=1S/C24H27NO2/c1-5-20-21(6-2)23(26)13-12-16-10-11-18(15-22(16)20)17-8-7-9-19(14-17)24(27)25(3)4/h7-11,14-15H,5-6,12-13H2,1-4H3. The smallest absolute Gasteiger partial charge is 0.253 e. The van der Waals surface area contributed by atoms with E-state index in [1.807, 2.05) is 24.3 Å². The van der Waals surface area contributed by atoms with E-state index in [0.717, 1.165) is 36.0 Å². The predicted molar refractivity (Wildman–Crippen MR) is 111 cm³/mol. The van der Waals surface area contributed by atoms with Gasteiger partial charge in [0, 0.05) is 26.1 Å². The largest absolute Gasteiger partial charge is 0.345 e. The molecule has 1 aliphatic rings. The van der Waals surface area contributed by atoms with E-state index in [0.29, 0.717) is 12.0 Å². The number of Topliss-reactive ketones (excluding diaryl/α,β-unsaturated/α-hetero) is 1. The van der Waals surface area contributed by atoms with Crippen LogP contribution in [0.2, 0.25) is 0 Å². The van der Waals surface area contributed by atoms with Gasteiger partial charge in [-0.15, -0.1) is 0 Å². The average Bonchev–Trinajstić information content (AvgIpc) is 2.82. The molecule has 2 aromatic rings. The average molecular weight is 361 g/mol. The van der Waals surface area contributed by atoms with Gasteiger partial charge >= 0.3 is 0 Å². The number of rotatable bonds is 4. The molecule has 3 heteroatoms. The Morgan fingerprint density at radius 1 is 0.926 bits per heavy atom. The molecule has 27 heavy (non-hydrogen) atoms. The van der Waals surface area contributed by atoms with Crippen LogP contribution in [0.25, 0.3) is 16.7 Å². The number of carbonyl (C=O) groups excluding carboxylic acids is 2. The van der Waals surface area contributed by atoms with Crippen LogP contribution in [0, 0.1) is 0 Å². The predicted octanol–water partition coefficient (Wildman–Crippen LogP) is 5.14. The van der Waals surface area contributed by atoms with Crippen LogP contribution in [0.1, 0.15) is 54.6 Å². The van der Waals surface area contributed by atoms with Crippen LogP contribution in [0.4, 0.5) is 0 Å². The molecule has 0 saturated carbocycles. The van der Waals surface area contributed by atoms with Crippen LogP contribution in [-0.4, -0.2) is 30.7 Å².